The maximum absolute atomic E-state index is 13.4. The van der Waals surface area contributed by atoms with Gasteiger partial charge in [0.15, 0.2) is 0 Å². The molecular formula is C18H16FN3O. The second-order valence-corrected chi connectivity index (χ2v) is 5.43. The third kappa shape index (κ3) is 3.45. The fourth-order valence-corrected chi connectivity index (χ4v) is 2.33. The van der Waals surface area contributed by atoms with Crippen molar-refractivity contribution in [1.29, 1.82) is 0 Å². The van der Waals surface area contributed by atoms with Gasteiger partial charge in [0.25, 0.3) is 5.56 Å². The van der Waals surface area contributed by atoms with Crippen LogP contribution in [0.5, 0.6) is 0 Å². The van der Waals surface area contributed by atoms with Gasteiger partial charge in [-0.25, -0.2) is 9.37 Å². The first-order valence-electron chi connectivity index (χ1n) is 7.23. The Hall–Kier alpha value is -2.95. The van der Waals surface area contributed by atoms with Crippen LogP contribution in [0.2, 0.25) is 0 Å². The van der Waals surface area contributed by atoms with Gasteiger partial charge in [0.05, 0.1) is 5.69 Å². The van der Waals surface area contributed by atoms with E-state index in [-0.39, 0.29) is 17.3 Å². The Morgan fingerprint density at radius 1 is 1.09 bits per heavy atom. The van der Waals surface area contributed by atoms with Crippen LogP contribution in [-0.4, -0.2) is 9.97 Å². The highest BCUT2D eigenvalue weighted by molar-refractivity contribution is 5.63. The normalized spacial score (nSPS) is 10.6. The molecule has 3 aromatic rings. The fourth-order valence-electron chi connectivity index (χ4n) is 2.33. The number of rotatable bonds is 3. The molecular weight excluding hydrogens is 293 g/mol. The van der Waals surface area contributed by atoms with Crippen LogP contribution in [0.25, 0.3) is 11.3 Å². The fraction of sp³-hybridized carbons (Fsp3) is 0.111. The van der Waals surface area contributed by atoms with Crippen LogP contribution < -0.4 is 10.9 Å². The summed E-state index contributed by atoms with van der Waals surface area (Å²) in [7, 11) is 0. The zero-order valence-electron chi connectivity index (χ0n) is 12.9. The van der Waals surface area contributed by atoms with Crippen molar-refractivity contribution in [2.75, 3.05) is 5.32 Å². The van der Waals surface area contributed by atoms with E-state index in [4.69, 9.17) is 0 Å². The number of aromatic amines is 1. The van der Waals surface area contributed by atoms with Crippen LogP contribution in [0.3, 0.4) is 0 Å². The summed E-state index contributed by atoms with van der Waals surface area (Å²) < 4.78 is 13.4. The van der Waals surface area contributed by atoms with Gasteiger partial charge in [-0.3, -0.25) is 9.78 Å². The van der Waals surface area contributed by atoms with E-state index in [0.29, 0.717) is 11.4 Å². The highest BCUT2D eigenvalue weighted by Gasteiger charge is 2.07. The van der Waals surface area contributed by atoms with Gasteiger partial charge >= 0.3 is 0 Å². The lowest BCUT2D eigenvalue weighted by atomic mass is 10.1. The third-order valence-corrected chi connectivity index (χ3v) is 3.51. The number of hydrogen-bond donors (Lipinski definition) is 2. The Morgan fingerprint density at radius 3 is 2.70 bits per heavy atom. The zero-order valence-corrected chi connectivity index (χ0v) is 12.9. The lowest BCUT2D eigenvalue weighted by Gasteiger charge is -2.10. The molecule has 0 aliphatic heterocycles. The number of aromatic nitrogens is 2. The molecule has 116 valence electrons. The molecule has 5 heteroatoms. The molecule has 2 N–H and O–H groups in total. The summed E-state index contributed by atoms with van der Waals surface area (Å²) in [6, 6.07) is 13.6. The van der Waals surface area contributed by atoms with Crippen LogP contribution in [0.15, 0.2) is 53.3 Å². The Labute approximate surface area is 133 Å². The van der Waals surface area contributed by atoms with E-state index in [9.17, 15) is 9.18 Å². The Morgan fingerprint density at radius 2 is 1.91 bits per heavy atom. The smallest absolute Gasteiger partial charge is 0.252 e. The number of hydrogen-bond acceptors (Lipinski definition) is 3. The van der Waals surface area contributed by atoms with Crippen molar-refractivity contribution in [2.45, 2.75) is 13.8 Å². The molecule has 0 fully saturated rings. The second kappa shape index (κ2) is 6.04. The van der Waals surface area contributed by atoms with Crippen molar-refractivity contribution in [2.24, 2.45) is 0 Å². The van der Waals surface area contributed by atoms with Gasteiger partial charge in [-0.2, -0.15) is 0 Å². The van der Waals surface area contributed by atoms with Crippen molar-refractivity contribution in [3.8, 4) is 11.3 Å². The average Bonchev–Trinajstić information content (AvgIpc) is 2.50. The van der Waals surface area contributed by atoms with Crippen LogP contribution in [0.1, 0.15) is 11.1 Å². The molecule has 0 atom stereocenters. The highest BCUT2D eigenvalue weighted by atomic mass is 19.1. The summed E-state index contributed by atoms with van der Waals surface area (Å²) in [6.07, 6.45) is 0. The van der Waals surface area contributed by atoms with Gasteiger partial charge in [0.1, 0.15) is 5.82 Å². The summed E-state index contributed by atoms with van der Waals surface area (Å²) in [4.78, 5) is 19.0. The molecule has 0 saturated carbocycles. The topological polar surface area (TPSA) is 57.8 Å². The first kappa shape index (κ1) is 15.0. The maximum atomic E-state index is 13.4. The van der Waals surface area contributed by atoms with Crippen LogP contribution in [0.4, 0.5) is 16.0 Å². The summed E-state index contributed by atoms with van der Waals surface area (Å²) in [5, 5.41) is 2.97. The molecule has 0 unspecified atom stereocenters. The summed E-state index contributed by atoms with van der Waals surface area (Å²) in [6.45, 7) is 3.83. The van der Waals surface area contributed by atoms with E-state index in [0.717, 1.165) is 16.7 Å². The van der Waals surface area contributed by atoms with E-state index in [1.807, 2.05) is 38.1 Å². The summed E-state index contributed by atoms with van der Waals surface area (Å²) >= 11 is 0. The van der Waals surface area contributed by atoms with Crippen molar-refractivity contribution in [1.82, 2.24) is 9.97 Å². The number of benzene rings is 2. The number of nitrogens with zero attached hydrogens (tertiary/aromatic N) is 1. The quantitative estimate of drug-likeness (QED) is 0.770. The van der Waals surface area contributed by atoms with Crippen molar-refractivity contribution in [3.63, 3.8) is 0 Å². The molecule has 0 bridgehead atoms. The van der Waals surface area contributed by atoms with Gasteiger partial charge in [-0.1, -0.05) is 29.8 Å². The molecule has 0 aliphatic carbocycles. The average molecular weight is 309 g/mol. The van der Waals surface area contributed by atoms with E-state index >= 15 is 0 Å². The van der Waals surface area contributed by atoms with Gasteiger partial charge in [0, 0.05) is 17.3 Å². The predicted molar refractivity (Wildman–Crippen MR) is 89.5 cm³/mol. The summed E-state index contributed by atoms with van der Waals surface area (Å²) in [5.41, 5.74) is 3.65. The van der Waals surface area contributed by atoms with Gasteiger partial charge in [0.2, 0.25) is 5.95 Å². The summed E-state index contributed by atoms with van der Waals surface area (Å²) in [5.74, 6) is -0.0713. The monoisotopic (exact) mass is 309 g/mol. The largest absolute Gasteiger partial charge is 0.325 e. The first-order valence-corrected chi connectivity index (χ1v) is 7.23. The Kier molecular flexibility index (Phi) is 3.93. The van der Waals surface area contributed by atoms with Gasteiger partial charge < -0.3 is 5.32 Å². The maximum Gasteiger partial charge on any atom is 0.252 e. The molecule has 0 amide bonds. The van der Waals surface area contributed by atoms with Crippen LogP contribution >= 0.6 is 0 Å². The van der Waals surface area contributed by atoms with Gasteiger partial charge in [-0.15, -0.1) is 0 Å². The molecule has 2 aromatic carbocycles. The van der Waals surface area contributed by atoms with Crippen molar-refractivity contribution < 1.29 is 4.39 Å². The number of nitrogens with one attached hydrogen (secondary N) is 2. The molecule has 0 saturated heterocycles. The molecule has 0 aliphatic rings. The molecule has 1 aromatic heterocycles. The lowest BCUT2D eigenvalue weighted by molar-refractivity contribution is 0.628. The van der Waals surface area contributed by atoms with Crippen molar-refractivity contribution in [3.05, 3.63) is 75.8 Å². The van der Waals surface area contributed by atoms with E-state index in [1.54, 1.807) is 6.07 Å². The predicted octanol–water partition coefficient (Wildman–Crippen LogP) is 3.94. The first-order chi connectivity index (χ1) is 11.0. The SMILES string of the molecule is Cc1cccc(-c2cc(=O)[nH]c(Nc3cc(F)ccc3C)n2)c1. The van der Waals surface area contributed by atoms with Crippen molar-refractivity contribution >= 4 is 11.6 Å². The number of H-pyrrole nitrogens is 1. The number of halogens is 1. The van der Waals surface area contributed by atoms with Crippen LogP contribution in [0, 0.1) is 19.7 Å². The zero-order chi connectivity index (χ0) is 16.4. The Balaban J connectivity index is 2.01. The van der Waals surface area contributed by atoms with Gasteiger partial charge in [-0.05, 0) is 37.6 Å². The molecule has 1 heterocycles. The number of aryl methyl sites for hydroxylation is 2. The third-order valence-electron chi connectivity index (χ3n) is 3.51. The number of anilines is 2. The minimum atomic E-state index is -0.352. The minimum absolute atomic E-state index is 0.270. The molecule has 0 spiro atoms. The van der Waals surface area contributed by atoms with Crippen LogP contribution in [-0.2, 0) is 0 Å². The highest BCUT2D eigenvalue weighted by Crippen LogP contribution is 2.21. The molecule has 4 nitrogen and oxygen atoms in total. The molecule has 3 rings (SSSR count). The lowest BCUT2D eigenvalue weighted by Crippen LogP contribution is -2.11. The molecule has 23 heavy (non-hydrogen) atoms. The molecule has 0 radical (unpaired) electrons. The second-order valence-electron chi connectivity index (χ2n) is 5.43. The van der Waals surface area contributed by atoms with E-state index < -0.39 is 0 Å². The van der Waals surface area contributed by atoms with E-state index in [2.05, 4.69) is 15.3 Å². The Bertz CT molecular complexity index is 918. The standard InChI is InChI=1S/C18H16FN3O/c1-11-4-3-5-13(8-11)16-10-17(23)22-18(21-16)20-15-9-14(19)7-6-12(15)2/h3-10H,1-2H3,(H2,20,21,22,23). The van der Waals surface area contributed by atoms with E-state index in [1.165, 1.54) is 18.2 Å². The minimum Gasteiger partial charge on any atom is -0.325 e.